The maximum atomic E-state index is 11.6. The maximum Gasteiger partial charge on any atom is 0.250 e. The molecule has 0 spiro atoms. The van der Waals surface area contributed by atoms with Gasteiger partial charge in [0.1, 0.15) is 5.75 Å². The number of benzene rings is 1. The number of ether oxygens (including phenoxy) is 1. The summed E-state index contributed by atoms with van der Waals surface area (Å²) in [6.07, 6.45) is 3.71. The molecule has 0 fully saturated rings. The fourth-order valence-electron chi connectivity index (χ4n) is 1.93. The first kappa shape index (κ1) is 14.7. The molecule has 3 nitrogen and oxygen atoms in total. The van der Waals surface area contributed by atoms with Crippen molar-refractivity contribution in [2.24, 2.45) is 0 Å². The topological polar surface area (TPSA) is 31.2 Å². The van der Waals surface area contributed by atoms with Crippen molar-refractivity contribution in [1.29, 1.82) is 0 Å². The zero-order chi connectivity index (χ0) is 14.4. The van der Waals surface area contributed by atoms with Gasteiger partial charge in [-0.05, 0) is 49.6 Å². The number of halogens is 1. The molecular weight excluding hydrogens is 274 g/mol. The number of aryl methyl sites for hydroxylation is 2. The van der Waals surface area contributed by atoms with Crippen LogP contribution in [0.2, 0.25) is 5.02 Å². The lowest BCUT2D eigenvalue weighted by molar-refractivity contribution is 0.303. The molecule has 2 rings (SSSR count). The molecule has 1 heterocycles. The van der Waals surface area contributed by atoms with Gasteiger partial charge in [-0.1, -0.05) is 17.7 Å². The monoisotopic (exact) mass is 291 g/mol. The minimum absolute atomic E-state index is 0.0502. The fraction of sp³-hybridized carbons (Fsp3) is 0.312. The van der Waals surface area contributed by atoms with Crippen molar-refractivity contribution in [2.45, 2.75) is 26.3 Å². The van der Waals surface area contributed by atoms with Crippen molar-refractivity contribution in [1.82, 2.24) is 4.57 Å². The lowest BCUT2D eigenvalue weighted by Gasteiger charge is -2.08. The van der Waals surface area contributed by atoms with Crippen LogP contribution in [0.15, 0.2) is 47.4 Å². The second kappa shape index (κ2) is 7.15. The predicted octanol–water partition coefficient (Wildman–Crippen LogP) is 3.67. The summed E-state index contributed by atoms with van der Waals surface area (Å²) in [5.74, 6) is 0.821. The first-order chi connectivity index (χ1) is 9.65. The Kier molecular flexibility index (Phi) is 5.24. The second-order valence-corrected chi connectivity index (χ2v) is 5.18. The third kappa shape index (κ3) is 4.42. The van der Waals surface area contributed by atoms with Crippen LogP contribution in [-0.4, -0.2) is 11.2 Å². The summed E-state index contributed by atoms with van der Waals surface area (Å²) in [7, 11) is 0. The van der Waals surface area contributed by atoms with Gasteiger partial charge < -0.3 is 9.30 Å². The van der Waals surface area contributed by atoms with Gasteiger partial charge in [-0.2, -0.15) is 0 Å². The summed E-state index contributed by atoms with van der Waals surface area (Å²) in [6.45, 7) is 3.35. The summed E-state index contributed by atoms with van der Waals surface area (Å²) in [5.41, 5.74) is 1.15. The van der Waals surface area contributed by atoms with E-state index in [0.29, 0.717) is 11.6 Å². The van der Waals surface area contributed by atoms with E-state index >= 15 is 0 Å². The Labute approximate surface area is 123 Å². The lowest BCUT2D eigenvalue weighted by Crippen LogP contribution is -2.18. The third-order valence-corrected chi connectivity index (χ3v) is 3.26. The quantitative estimate of drug-likeness (QED) is 0.761. The van der Waals surface area contributed by atoms with Gasteiger partial charge in [-0.3, -0.25) is 4.79 Å². The van der Waals surface area contributed by atoms with Crippen molar-refractivity contribution in [3.8, 4) is 5.75 Å². The van der Waals surface area contributed by atoms with Crippen molar-refractivity contribution < 1.29 is 4.74 Å². The van der Waals surface area contributed by atoms with E-state index in [9.17, 15) is 4.79 Å². The standard InChI is InChI=1S/C16H18ClNO2/c1-13-4-9-16(19)18(12-13)10-2-3-11-20-15-7-5-14(17)6-8-15/h4-9,12H,2-3,10-11H2,1H3. The van der Waals surface area contributed by atoms with Gasteiger partial charge in [-0.15, -0.1) is 0 Å². The molecule has 0 unspecified atom stereocenters. The van der Waals surface area contributed by atoms with Gasteiger partial charge >= 0.3 is 0 Å². The summed E-state index contributed by atoms with van der Waals surface area (Å²) in [5, 5.41) is 0.705. The second-order valence-electron chi connectivity index (χ2n) is 4.75. The molecular formula is C16H18ClNO2. The van der Waals surface area contributed by atoms with Crippen LogP contribution in [0.25, 0.3) is 0 Å². The van der Waals surface area contributed by atoms with Crippen LogP contribution in [-0.2, 0) is 6.54 Å². The maximum absolute atomic E-state index is 11.6. The van der Waals surface area contributed by atoms with Crippen LogP contribution >= 0.6 is 11.6 Å². The zero-order valence-corrected chi connectivity index (χ0v) is 12.3. The summed E-state index contributed by atoms with van der Waals surface area (Å²) >= 11 is 5.80. The Morgan fingerprint density at radius 3 is 2.60 bits per heavy atom. The minimum atomic E-state index is 0.0502. The van der Waals surface area contributed by atoms with Gasteiger partial charge in [0, 0.05) is 23.8 Å². The molecule has 20 heavy (non-hydrogen) atoms. The van der Waals surface area contributed by atoms with E-state index in [0.717, 1.165) is 30.7 Å². The van der Waals surface area contributed by atoms with Gasteiger partial charge in [-0.25, -0.2) is 0 Å². The molecule has 106 valence electrons. The highest BCUT2D eigenvalue weighted by molar-refractivity contribution is 6.30. The van der Waals surface area contributed by atoms with Gasteiger partial charge in [0.25, 0.3) is 5.56 Å². The van der Waals surface area contributed by atoms with E-state index in [1.54, 1.807) is 10.6 Å². The Hall–Kier alpha value is -1.74. The number of rotatable bonds is 6. The lowest BCUT2D eigenvalue weighted by atomic mass is 10.3. The summed E-state index contributed by atoms with van der Waals surface area (Å²) < 4.78 is 7.35. The molecule has 1 aromatic carbocycles. The van der Waals surface area contributed by atoms with E-state index < -0.39 is 0 Å². The number of pyridine rings is 1. The number of hydrogen-bond donors (Lipinski definition) is 0. The van der Waals surface area contributed by atoms with Crippen LogP contribution in [0.3, 0.4) is 0 Å². The Morgan fingerprint density at radius 2 is 1.85 bits per heavy atom. The highest BCUT2D eigenvalue weighted by atomic mass is 35.5. The summed E-state index contributed by atoms with van der Waals surface area (Å²) in [6, 6.07) is 10.8. The largest absolute Gasteiger partial charge is 0.494 e. The number of hydrogen-bond acceptors (Lipinski definition) is 2. The molecule has 2 aromatic rings. The highest BCUT2D eigenvalue weighted by Gasteiger charge is 1.97. The molecule has 0 atom stereocenters. The van der Waals surface area contributed by atoms with Crippen LogP contribution in [0.5, 0.6) is 5.75 Å². The summed E-state index contributed by atoms with van der Waals surface area (Å²) in [4.78, 5) is 11.6. The first-order valence-corrected chi connectivity index (χ1v) is 7.08. The van der Waals surface area contributed by atoms with Gasteiger partial charge in [0.15, 0.2) is 0 Å². The number of unbranched alkanes of at least 4 members (excludes halogenated alkanes) is 1. The molecule has 0 aliphatic rings. The molecule has 1 aromatic heterocycles. The number of aromatic nitrogens is 1. The smallest absolute Gasteiger partial charge is 0.250 e. The SMILES string of the molecule is Cc1ccc(=O)n(CCCCOc2ccc(Cl)cc2)c1. The molecule has 0 bridgehead atoms. The zero-order valence-electron chi connectivity index (χ0n) is 11.5. The van der Waals surface area contributed by atoms with Gasteiger partial charge in [0.2, 0.25) is 0 Å². The molecule has 0 saturated carbocycles. The first-order valence-electron chi connectivity index (χ1n) is 6.70. The fourth-order valence-corrected chi connectivity index (χ4v) is 2.06. The van der Waals surface area contributed by atoms with Crippen molar-refractivity contribution in [2.75, 3.05) is 6.61 Å². The molecule has 0 aliphatic heterocycles. The molecule has 4 heteroatoms. The molecule has 0 amide bonds. The molecule has 0 N–H and O–H groups in total. The average molecular weight is 292 g/mol. The van der Waals surface area contributed by atoms with Crippen molar-refractivity contribution in [3.05, 3.63) is 63.5 Å². The molecule has 0 saturated heterocycles. The normalized spacial score (nSPS) is 10.5. The van der Waals surface area contributed by atoms with E-state index in [1.807, 2.05) is 43.5 Å². The van der Waals surface area contributed by atoms with E-state index in [4.69, 9.17) is 16.3 Å². The van der Waals surface area contributed by atoms with E-state index in [-0.39, 0.29) is 5.56 Å². The van der Waals surface area contributed by atoms with Crippen molar-refractivity contribution in [3.63, 3.8) is 0 Å². The van der Waals surface area contributed by atoms with E-state index in [1.165, 1.54) is 0 Å². The van der Waals surface area contributed by atoms with Crippen LogP contribution in [0, 0.1) is 6.92 Å². The van der Waals surface area contributed by atoms with Crippen molar-refractivity contribution >= 4 is 11.6 Å². The van der Waals surface area contributed by atoms with Crippen LogP contribution in [0.4, 0.5) is 0 Å². The molecule has 0 radical (unpaired) electrons. The van der Waals surface area contributed by atoms with Crippen LogP contribution in [0.1, 0.15) is 18.4 Å². The van der Waals surface area contributed by atoms with Crippen LogP contribution < -0.4 is 10.3 Å². The van der Waals surface area contributed by atoms with E-state index in [2.05, 4.69) is 0 Å². The minimum Gasteiger partial charge on any atom is -0.494 e. The average Bonchev–Trinajstić information content (AvgIpc) is 2.44. The third-order valence-electron chi connectivity index (χ3n) is 3.01. The molecule has 0 aliphatic carbocycles. The number of nitrogens with zero attached hydrogens (tertiary/aromatic N) is 1. The Bertz CT molecular complexity index is 605. The Balaban J connectivity index is 1.73. The highest BCUT2D eigenvalue weighted by Crippen LogP contribution is 2.15. The predicted molar refractivity (Wildman–Crippen MR) is 81.6 cm³/mol. The van der Waals surface area contributed by atoms with Gasteiger partial charge in [0.05, 0.1) is 6.61 Å². The Morgan fingerprint density at radius 1 is 1.10 bits per heavy atom.